The molecule has 1 aromatic carbocycles. The van der Waals surface area contributed by atoms with Crippen LogP contribution in [-0.4, -0.2) is 62.0 Å². The van der Waals surface area contributed by atoms with Crippen molar-refractivity contribution < 1.29 is 27.5 Å². The molecule has 0 bridgehead atoms. The van der Waals surface area contributed by atoms with Gasteiger partial charge in [-0.15, -0.1) is 0 Å². The molecule has 2 unspecified atom stereocenters. The van der Waals surface area contributed by atoms with E-state index in [0.29, 0.717) is 12.8 Å². The van der Waals surface area contributed by atoms with Gasteiger partial charge in [0.25, 0.3) is 5.91 Å². The molecule has 3 rings (SSSR count). The molecule has 1 aliphatic carbocycles. The van der Waals surface area contributed by atoms with Gasteiger partial charge in [0, 0.05) is 13.1 Å². The Kier molecular flexibility index (Phi) is 8.00. The molecular weight excluding hydrogens is 470 g/mol. The summed E-state index contributed by atoms with van der Waals surface area (Å²) in [6.45, 7) is 3.31. The van der Waals surface area contributed by atoms with E-state index in [-0.39, 0.29) is 40.8 Å². The molecule has 2 fully saturated rings. The van der Waals surface area contributed by atoms with Crippen LogP contribution in [0.3, 0.4) is 0 Å². The molecule has 9 nitrogen and oxygen atoms in total. The lowest BCUT2D eigenvalue weighted by Gasteiger charge is -2.34. The van der Waals surface area contributed by atoms with E-state index in [2.05, 4.69) is 11.4 Å². The van der Waals surface area contributed by atoms with Crippen LogP contribution in [0.25, 0.3) is 0 Å². The number of ether oxygens (including phenoxy) is 2. The minimum Gasteiger partial charge on any atom is -0.452 e. The van der Waals surface area contributed by atoms with Crippen molar-refractivity contribution in [3.8, 4) is 6.07 Å². The Balaban J connectivity index is 1.69. The predicted octanol–water partition coefficient (Wildman–Crippen LogP) is 2.64. The van der Waals surface area contributed by atoms with Gasteiger partial charge in [0.2, 0.25) is 10.0 Å². The van der Waals surface area contributed by atoms with Crippen LogP contribution in [0.5, 0.6) is 0 Å². The number of esters is 1. The number of halogens is 1. The fourth-order valence-electron chi connectivity index (χ4n) is 4.23. The van der Waals surface area contributed by atoms with Gasteiger partial charge >= 0.3 is 5.97 Å². The van der Waals surface area contributed by atoms with Gasteiger partial charge in [-0.2, -0.15) is 9.57 Å². The molecule has 0 radical (unpaired) electrons. The van der Waals surface area contributed by atoms with Crippen molar-refractivity contribution in [2.75, 3.05) is 19.7 Å². The number of carbonyl (C=O) groups is 2. The second kappa shape index (κ2) is 10.4. The Bertz CT molecular complexity index is 1040. The highest BCUT2D eigenvalue weighted by molar-refractivity contribution is 7.89. The molecule has 2 atom stereocenters. The molecule has 0 spiro atoms. The minimum absolute atomic E-state index is 0.0237. The van der Waals surface area contributed by atoms with E-state index in [9.17, 15) is 23.3 Å². The van der Waals surface area contributed by atoms with Gasteiger partial charge in [-0.05, 0) is 44.9 Å². The van der Waals surface area contributed by atoms with Crippen LogP contribution < -0.4 is 5.32 Å². The second-order valence-corrected chi connectivity index (χ2v) is 10.9. The van der Waals surface area contributed by atoms with Crippen molar-refractivity contribution in [2.45, 2.75) is 68.6 Å². The Morgan fingerprint density at radius 1 is 1.24 bits per heavy atom. The number of nitrogens with zero attached hydrogens (tertiary/aromatic N) is 2. The number of hydrogen-bond donors (Lipinski definition) is 1. The molecule has 1 heterocycles. The third-order valence-corrected chi connectivity index (χ3v) is 8.12. The lowest BCUT2D eigenvalue weighted by molar-refractivity contribution is -0.125. The van der Waals surface area contributed by atoms with Crippen molar-refractivity contribution in [3.05, 3.63) is 28.8 Å². The summed E-state index contributed by atoms with van der Waals surface area (Å²) in [6, 6.07) is 5.97. The average molecular weight is 498 g/mol. The summed E-state index contributed by atoms with van der Waals surface area (Å²) >= 11 is 6.16. The van der Waals surface area contributed by atoms with Crippen molar-refractivity contribution in [2.24, 2.45) is 0 Å². The fourth-order valence-corrected chi connectivity index (χ4v) is 6.32. The number of morpholine rings is 1. The lowest BCUT2D eigenvalue weighted by atomic mass is 9.83. The Morgan fingerprint density at radius 2 is 1.88 bits per heavy atom. The van der Waals surface area contributed by atoms with Crippen molar-refractivity contribution in [1.82, 2.24) is 9.62 Å². The summed E-state index contributed by atoms with van der Waals surface area (Å²) in [5.74, 6) is -1.44. The number of sulfonamides is 1. The minimum atomic E-state index is -3.98. The molecule has 1 aromatic rings. The van der Waals surface area contributed by atoms with E-state index in [0.717, 1.165) is 25.3 Å². The van der Waals surface area contributed by atoms with Gasteiger partial charge in [-0.25, -0.2) is 13.2 Å². The summed E-state index contributed by atoms with van der Waals surface area (Å²) in [5.41, 5.74) is -0.983. The first kappa shape index (κ1) is 25.4. The van der Waals surface area contributed by atoms with Gasteiger partial charge in [-0.3, -0.25) is 4.79 Å². The van der Waals surface area contributed by atoms with Gasteiger partial charge in [0.05, 0.1) is 28.9 Å². The summed E-state index contributed by atoms with van der Waals surface area (Å²) in [7, 11) is -3.98. The maximum Gasteiger partial charge on any atom is 0.338 e. The number of rotatable bonds is 6. The first-order valence-corrected chi connectivity index (χ1v) is 12.7. The number of amides is 1. The summed E-state index contributed by atoms with van der Waals surface area (Å²) in [4.78, 5) is 24.6. The zero-order valence-electron chi connectivity index (χ0n) is 18.7. The smallest absolute Gasteiger partial charge is 0.338 e. The molecule has 1 saturated carbocycles. The molecule has 1 amide bonds. The molecule has 11 heteroatoms. The van der Waals surface area contributed by atoms with E-state index in [4.69, 9.17) is 21.1 Å². The number of hydrogen-bond acceptors (Lipinski definition) is 7. The van der Waals surface area contributed by atoms with Crippen LogP contribution in [0.2, 0.25) is 5.02 Å². The van der Waals surface area contributed by atoms with Gasteiger partial charge in [0.1, 0.15) is 10.4 Å². The van der Waals surface area contributed by atoms with Crippen molar-refractivity contribution in [3.63, 3.8) is 0 Å². The monoisotopic (exact) mass is 497 g/mol. The molecule has 180 valence electrons. The van der Waals surface area contributed by atoms with Crippen molar-refractivity contribution in [1.29, 1.82) is 5.26 Å². The number of benzene rings is 1. The number of nitrogens with one attached hydrogen (secondary N) is 1. The SMILES string of the molecule is CC1CN(S(=O)(=O)c2cc(C(=O)OCC(=O)NC3(C#N)CCCCC3)ccc2Cl)CC(C)O1. The molecule has 0 aromatic heterocycles. The predicted molar refractivity (Wildman–Crippen MR) is 120 cm³/mol. The number of nitriles is 1. The largest absolute Gasteiger partial charge is 0.452 e. The van der Waals surface area contributed by atoms with E-state index in [1.54, 1.807) is 13.8 Å². The maximum absolute atomic E-state index is 13.2. The van der Waals surface area contributed by atoms with Crippen LogP contribution in [-0.2, 0) is 24.3 Å². The molecule has 1 N–H and O–H groups in total. The first-order chi connectivity index (χ1) is 15.6. The summed E-state index contributed by atoms with van der Waals surface area (Å²) in [6.07, 6.45) is 3.25. The molecule has 2 aliphatic rings. The lowest BCUT2D eigenvalue weighted by Crippen LogP contribution is -2.50. The van der Waals surface area contributed by atoms with Crippen LogP contribution in [0.1, 0.15) is 56.3 Å². The van der Waals surface area contributed by atoms with Crippen LogP contribution in [0.4, 0.5) is 0 Å². The van der Waals surface area contributed by atoms with Crippen LogP contribution in [0, 0.1) is 11.3 Å². The highest BCUT2D eigenvalue weighted by Gasteiger charge is 2.35. The average Bonchev–Trinajstić information content (AvgIpc) is 2.77. The normalized spacial score (nSPS) is 23.3. The topological polar surface area (TPSA) is 126 Å². The first-order valence-electron chi connectivity index (χ1n) is 10.9. The van der Waals surface area contributed by atoms with Crippen LogP contribution in [0.15, 0.2) is 23.1 Å². The Hall–Kier alpha value is -2.19. The Morgan fingerprint density at radius 3 is 2.48 bits per heavy atom. The standard InChI is InChI=1S/C22H28ClN3O6S/c1-15-11-26(12-16(2)32-15)33(29,30)19-10-17(6-7-18(19)23)21(28)31-13-20(27)25-22(14-24)8-4-3-5-9-22/h6-7,10,15-16H,3-5,8-9,11-13H2,1-2H3,(H,25,27). The molecular formula is C22H28ClN3O6S. The highest BCUT2D eigenvalue weighted by Crippen LogP contribution is 2.29. The maximum atomic E-state index is 13.2. The quantitative estimate of drug-likeness (QED) is 0.598. The summed E-state index contributed by atoms with van der Waals surface area (Å²) in [5, 5.41) is 12.1. The van der Waals surface area contributed by atoms with Gasteiger partial charge in [-0.1, -0.05) is 30.9 Å². The van der Waals surface area contributed by atoms with E-state index in [1.807, 2.05) is 0 Å². The molecule has 1 saturated heterocycles. The van der Waals surface area contributed by atoms with Crippen LogP contribution >= 0.6 is 11.6 Å². The van der Waals surface area contributed by atoms with Gasteiger partial charge in [0.15, 0.2) is 6.61 Å². The van der Waals surface area contributed by atoms with E-state index in [1.165, 1.54) is 16.4 Å². The molecule has 33 heavy (non-hydrogen) atoms. The fraction of sp³-hybridized carbons (Fsp3) is 0.591. The highest BCUT2D eigenvalue weighted by atomic mass is 35.5. The zero-order chi connectivity index (χ0) is 24.2. The third-order valence-electron chi connectivity index (χ3n) is 5.81. The zero-order valence-corrected chi connectivity index (χ0v) is 20.2. The van der Waals surface area contributed by atoms with E-state index >= 15 is 0 Å². The third kappa shape index (κ3) is 6.03. The van der Waals surface area contributed by atoms with E-state index < -0.39 is 34.0 Å². The summed E-state index contributed by atoms with van der Waals surface area (Å²) < 4.78 is 38.3. The second-order valence-electron chi connectivity index (χ2n) is 8.60. The Labute approximate surface area is 199 Å². The number of carbonyl (C=O) groups excluding carboxylic acids is 2. The van der Waals surface area contributed by atoms with Gasteiger partial charge < -0.3 is 14.8 Å². The molecule has 1 aliphatic heterocycles. The van der Waals surface area contributed by atoms with Crippen molar-refractivity contribution >= 4 is 33.5 Å².